The predicted molar refractivity (Wildman–Crippen MR) is 103 cm³/mol. The van der Waals surface area contributed by atoms with Gasteiger partial charge in [0, 0.05) is 23.9 Å². The number of furan rings is 1. The number of nitrogens with zero attached hydrogens (tertiary/aromatic N) is 2. The van der Waals surface area contributed by atoms with Crippen molar-refractivity contribution in [3.8, 4) is 5.75 Å². The van der Waals surface area contributed by atoms with E-state index in [4.69, 9.17) is 9.15 Å². The molecule has 1 amide bonds. The fraction of sp³-hybridized carbons (Fsp3) is 0.222. The first-order valence-electron chi connectivity index (χ1n) is 8.44. The van der Waals surface area contributed by atoms with Crippen LogP contribution in [0.2, 0.25) is 0 Å². The number of sulfonamides is 1. The molecule has 1 aliphatic heterocycles. The molecule has 8 nitrogen and oxygen atoms in total. The van der Waals surface area contributed by atoms with E-state index in [0.717, 1.165) is 10.6 Å². The van der Waals surface area contributed by atoms with Crippen molar-refractivity contribution >= 4 is 32.4 Å². The van der Waals surface area contributed by atoms with Crippen molar-refractivity contribution in [2.75, 3.05) is 19.0 Å². The quantitative estimate of drug-likeness (QED) is 0.682. The highest BCUT2D eigenvalue weighted by atomic mass is 32.2. The summed E-state index contributed by atoms with van der Waals surface area (Å²) in [5.41, 5.74) is 1.21. The van der Waals surface area contributed by atoms with Gasteiger partial charge in [-0.2, -0.15) is 4.31 Å². The second kappa shape index (κ2) is 7.38. The van der Waals surface area contributed by atoms with Gasteiger partial charge in [-0.15, -0.1) is 11.3 Å². The number of anilines is 1. The molecule has 146 valence electrons. The van der Waals surface area contributed by atoms with Crippen LogP contribution in [0.1, 0.15) is 20.9 Å². The number of hydrogen-bond donors (Lipinski definition) is 1. The molecule has 0 spiro atoms. The topological polar surface area (TPSA) is 102 Å². The molecule has 0 fully saturated rings. The summed E-state index contributed by atoms with van der Waals surface area (Å²) >= 11 is 1.28. The Kier molecular flexibility index (Phi) is 4.92. The molecule has 3 heterocycles. The van der Waals surface area contributed by atoms with Crippen molar-refractivity contribution in [1.82, 2.24) is 9.29 Å². The molecule has 3 aromatic rings. The van der Waals surface area contributed by atoms with Crippen molar-refractivity contribution in [3.05, 3.63) is 59.0 Å². The Labute approximate surface area is 165 Å². The van der Waals surface area contributed by atoms with E-state index in [-0.39, 0.29) is 17.3 Å². The SMILES string of the molecule is COc1cccc(S(=O)(=O)N2CCc3nc(NC(=O)c4ccoc4)sc3C2)c1. The second-order valence-corrected chi connectivity index (χ2v) is 9.14. The minimum Gasteiger partial charge on any atom is -0.497 e. The number of carbonyl (C=O) groups is 1. The molecule has 0 saturated heterocycles. The first-order chi connectivity index (χ1) is 13.5. The van der Waals surface area contributed by atoms with Crippen LogP contribution in [-0.4, -0.2) is 37.3 Å². The Morgan fingerprint density at radius 3 is 2.96 bits per heavy atom. The summed E-state index contributed by atoms with van der Waals surface area (Å²) in [6, 6.07) is 7.97. The maximum atomic E-state index is 13.0. The summed E-state index contributed by atoms with van der Waals surface area (Å²) in [5, 5.41) is 3.17. The van der Waals surface area contributed by atoms with E-state index in [0.29, 0.717) is 29.4 Å². The van der Waals surface area contributed by atoms with Crippen LogP contribution in [0.5, 0.6) is 5.75 Å². The number of benzene rings is 1. The molecular formula is C18H17N3O5S2. The predicted octanol–water partition coefficient (Wildman–Crippen LogP) is 2.74. The fourth-order valence-electron chi connectivity index (χ4n) is 2.90. The highest BCUT2D eigenvalue weighted by Gasteiger charge is 2.31. The Hall–Kier alpha value is -2.69. The van der Waals surface area contributed by atoms with Crippen molar-refractivity contribution in [2.45, 2.75) is 17.9 Å². The van der Waals surface area contributed by atoms with E-state index in [2.05, 4.69) is 10.3 Å². The van der Waals surface area contributed by atoms with Gasteiger partial charge in [0.05, 0.1) is 36.1 Å². The van der Waals surface area contributed by atoms with Gasteiger partial charge in [0.1, 0.15) is 12.0 Å². The molecule has 1 aliphatic rings. The van der Waals surface area contributed by atoms with E-state index in [1.54, 1.807) is 24.3 Å². The Bertz CT molecular complexity index is 1110. The molecule has 10 heteroatoms. The summed E-state index contributed by atoms with van der Waals surface area (Å²) in [7, 11) is -2.16. The number of rotatable bonds is 5. The van der Waals surface area contributed by atoms with Crippen LogP contribution in [0.4, 0.5) is 5.13 Å². The van der Waals surface area contributed by atoms with Crippen LogP contribution in [0.25, 0.3) is 0 Å². The van der Waals surface area contributed by atoms with Gasteiger partial charge in [0.15, 0.2) is 5.13 Å². The molecule has 0 saturated carbocycles. The van der Waals surface area contributed by atoms with Gasteiger partial charge in [0.2, 0.25) is 10.0 Å². The molecule has 0 radical (unpaired) electrons. The average molecular weight is 419 g/mol. The van der Waals surface area contributed by atoms with Crippen LogP contribution < -0.4 is 10.1 Å². The smallest absolute Gasteiger partial charge is 0.260 e. The Balaban J connectivity index is 1.53. The molecule has 0 unspecified atom stereocenters. The summed E-state index contributed by atoms with van der Waals surface area (Å²) in [6.45, 7) is 0.541. The van der Waals surface area contributed by atoms with E-state index in [9.17, 15) is 13.2 Å². The van der Waals surface area contributed by atoms with Gasteiger partial charge in [0.25, 0.3) is 5.91 Å². The number of amides is 1. The monoisotopic (exact) mass is 419 g/mol. The number of hydrogen-bond acceptors (Lipinski definition) is 7. The highest BCUT2D eigenvalue weighted by Crippen LogP contribution is 2.32. The van der Waals surface area contributed by atoms with Gasteiger partial charge < -0.3 is 9.15 Å². The molecule has 0 atom stereocenters. The Morgan fingerprint density at radius 1 is 1.36 bits per heavy atom. The van der Waals surface area contributed by atoms with Crippen LogP contribution >= 0.6 is 11.3 Å². The van der Waals surface area contributed by atoms with Crippen molar-refractivity contribution in [1.29, 1.82) is 0 Å². The van der Waals surface area contributed by atoms with Crippen LogP contribution in [0.15, 0.2) is 52.2 Å². The zero-order valence-electron chi connectivity index (χ0n) is 14.9. The zero-order chi connectivity index (χ0) is 19.7. The summed E-state index contributed by atoms with van der Waals surface area (Å²) in [6.07, 6.45) is 3.25. The first-order valence-corrected chi connectivity index (χ1v) is 10.7. The van der Waals surface area contributed by atoms with Gasteiger partial charge in [-0.3, -0.25) is 10.1 Å². The first kappa shape index (κ1) is 18.7. The molecule has 0 bridgehead atoms. The summed E-state index contributed by atoms with van der Waals surface area (Å²) < 4.78 is 37.4. The third-order valence-electron chi connectivity index (χ3n) is 4.38. The van der Waals surface area contributed by atoms with Crippen molar-refractivity contribution in [3.63, 3.8) is 0 Å². The van der Waals surface area contributed by atoms with E-state index in [1.165, 1.54) is 41.3 Å². The average Bonchev–Trinajstić information content (AvgIpc) is 3.36. The lowest BCUT2D eigenvalue weighted by Crippen LogP contribution is -2.35. The summed E-state index contributed by atoms with van der Waals surface area (Å²) in [4.78, 5) is 17.6. The van der Waals surface area contributed by atoms with Crippen LogP contribution in [-0.2, 0) is 23.0 Å². The number of ether oxygens (including phenoxy) is 1. The number of carbonyl (C=O) groups excluding carboxylic acids is 1. The molecule has 28 heavy (non-hydrogen) atoms. The van der Waals surface area contributed by atoms with Crippen molar-refractivity contribution < 1.29 is 22.4 Å². The summed E-state index contributed by atoms with van der Waals surface area (Å²) in [5.74, 6) is 0.168. The number of nitrogens with one attached hydrogen (secondary N) is 1. The third kappa shape index (κ3) is 3.53. The largest absolute Gasteiger partial charge is 0.497 e. The molecule has 0 aliphatic carbocycles. The minimum atomic E-state index is -3.65. The molecule has 1 aromatic carbocycles. The number of fused-ring (bicyclic) bond motifs is 1. The van der Waals surface area contributed by atoms with Crippen LogP contribution in [0, 0.1) is 0 Å². The third-order valence-corrected chi connectivity index (χ3v) is 7.22. The highest BCUT2D eigenvalue weighted by molar-refractivity contribution is 7.89. The van der Waals surface area contributed by atoms with Gasteiger partial charge >= 0.3 is 0 Å². The molecular weight excluding hydrogens is 402 g/mol. The lowest BCUT2D eigenvalue weighted by molar-refractivity contribution is 0.102. The van der Waals surface area contributed by atoms with E-state index < -0.39 is 10.0 Å². The van der Waals surface area contributed by atoms with Gasteiger partial charge in [-0.05, 0) is 18.2 Å². The molecule has 1 N–H and O–H groups in total. The lowest BCUT2D eigenvalue weighted by atomic mass is 10.2. The van der Waals surface area contributed by atoms with Crippen LogP contribution in [0.3, 0.4) is 0 Å². The number of methoxy groups -OCH3 is 1. The van der Waals surface area contributed by atoms with Gasteiger partial charge in [-0.1, -0.05) is 6.07 Å². The maximum Gasteiger partial charge on any atom is 0.260 e. The standard InChI is InChI=1S/C18H17N3O5S2/c1-25-13-3-2-4-14(9-13)28(23,24)21-7-5-15-16(10-21)27-18(19-15)20-17(22)12-6-8-26-11-12/h2-4,6,8-9,11H,5,7,10H2,1H3,(H,19,20,22). The Morgan fingerprint density at radius 2 is 2.21 bits per heavy atom. The van der Waals surface area contributed by atoms with E-state index >= 15 is 0 Å². The number of aromatic nitrogens is 1. The van der Waals surface area contributed by atoms with Crippen molar-refractivity contribution in [2.24, 2.45) is 0 Å². The minimum absolute atomic E-state index is 0.188. The van der Waals surface area contributed by atoms with Gasteiger partial charge in [-0.25, -0.2) is 13.4 Å². The normalized spacial score (nSPS) is 14.5. The number of thiazole rings is 1. The molecule has 4 rings (SSSR count). The second-order valence-electron chi connectivity index (χ2n) is 6.12. The lowest BCUT2D eigenvalue weighted by Gasteiger charge is -2.25. The molecule has 2 aromatic heterocycles. The van der Waals surface area contributed by atoms with E-state index in [1.807, 2.05) is 0 Å². The maximum absolute atomic E-state index is 13.0. The fourth-order valence-corrected chi connectivity index (χ4v) is 5.45. The zero-order valence-corrected chi connectivity index (χ0v) is 16.5.